The van der Waals surface area contributed by atoms with Gasteiger partial charge in [-0.25, -0.2) is 4.79 Å². The van der Waals surface area contributed by atoms with Gasteiger partial charge in [-0.15, -0.1) is 21.5 Å². The molecule has 1 spiro atoms. The zero-order chi connectivity index (χ0) is 29.3. The second-order valence-electron chi connectivity index (χ2n) is 13.6. The molecule has 2 aliphatic heterocycles. The van der Waals surface area contributed by atoms with Gasteiger partial charge in [0.1, 0.15) is 22.5 Å². The average Bonchev–Trinajstić information content (AvgIpc) is 3.56. The van der Waals surface area contributed by atoms with Gasteiger partial charge in [-0.2, -0.15) is 0 Å². The molecule has 0 unspecified atom stereocenters. The minimum Gasteiger partial charge on any atom is -0.444 e. The summed E-state index contributed by atoms with van der Waals surface area (Å²) in [6, 6.07) is 6.96. The predicted octanol–water partition coefficient (Wildman–Crippen LogP) is 7.76. The number of amides is 1. The smallest absolute Gasteiger partial charge is 0.410 e. The van der Waals surface area contributed by atoms with Crippen LogP contribution in [-0.4, -0.2) is 50.2 Å². The lowest BCUT2D eigenvalue weighted by molar-refractivity contribution is 0.0260. The standard InChI is InChI=1S/C33H43N5O2S/c1-19-17-25(24-11-13-33(14-12-24)15-16-37(18-33)31(39)40-32(6,7)8)9-10-26(19)28-27-20(2)22(4)41-30(27)38-23(5)35-36-29(38)21(3)34-28/h9-10,17,21,24H,11-16,18H2,1-8H3/t21-,24?,33?/m0/s1. The summed E-state index contributed by atoms with van der Waals surface area (Å²) >= 11 is 1.81. The van der Waals surface area contributed by atoms with Crippen molar-refractivity contribution in [2.75, 3.05) is 13.1 Å². The summed E-state index contributed by atoms with van der Waals surface area (Å²) in [5.74, 6) is 2.37. The first kappa shape index (κ1) is 28.1. The molecule has 1 aliphatic carbocycles. The first-order valence-corrected chi connectivity index (χ1v) is 15.9. The number of nitrogens with zero attached hydrogens (tertiary/aromatic N) is 5. The lowest BCUT2D eigenvalue weighted by Gasteiger charge is -2.37. The van der Waals surface area contributed by atoms with E-state index in [0.717, 1.165) is 49.7 Å². The molecule has 1 amide bonds. The van der Waals surface area contributed by atoms with Crippen molar-refractivity contribution in [1.29, 1.82) is 0 Å². The van der Waals surface area contributed by atoms with Crippen molar-refractivity contribution in [3.05, 3.63) is 62.5 Å². The van der Waals surface area contributed by atoms with Gasteiger partial charge >= 0.3 is 6.09 Å². The quantitative estimate of drug-likeness (QED) is 0.314. The average molecular weight is 574 g/mol. The van der Waals surface area contributed by atoms with E-state index in [4.69, 9.17) is 9.73 Å². The van der Waals surface area contributed by atoms with Crippen molar-refractivity contribution in [2.24, 2.45) is 10.4 Å². The number of fused-ring (bicyclic) bond motifs is 3. The van der Waals surface area contributed by atoms with E-state index in [1.807, 2.05) is 32.6 Å². The van der Waals surface area contributed by atoms with Crippen LogP contribution in [0.2, 0.25) is 0 Å². The highest BCUT2D eigenvalue weighted by Crippen LogP contribution is 2.49. The van der Waals surface area contributed by atoms with Crippen molar-refractivity contribution in [1.82, 2.24) is 19.7 Å². The second kappa shape index (κ2) is 10.1. The first-order valence-electron chi connectivity index (χ1n) is 15.0. The molecule has 0 N–H and O–H groups in total. The third-order valence-electron chi connectivity index (χ3n) is 9.47. The van der Waals surface area contributed by atoms with Crippen LogP contribution in [0, 0.1) is 33.1 Å². The minimum atomic E-state index is -0.449. The zero-order valence-electron chi connectivity index (χ0n) is 25.8. The van der Waals surface area contributed by atoms with E-state index < -0.39 is 5.60 Å². The summed E-state index contributed by atoms with van der Waals surface area (Å²) in [5, 5.41) is 10.1. The van der Waals surface area contributed by atoms with Gasteiger partial charge in [-0.1, -0.05) is 18.2 Å². The Hall–Kier alpha value is -3.00. The Kier molecular flexibility index (Phi) is 6.91. The fraction of sp³-hybridized carbons (Fsp3) is 0.576. The maximum atomic E-state index is 12.7. The molecule has 218 valence electrons. The van der Waals surface area contributed by atoms with Gasteiger partial charge < -0.3 is 9.64 Å². The summed E-state index contributed by atoms with van der Waals surface area (Å²) < 4.78 is 7.86. The highest BCUT2D eigenvalue weighted by atomic mass is 32.1. The van der Waals surface area contributed by atoms with Gasteiger partial charge in [-0.05, 0) is 116 Å². The van der Waals surface area contributed by atoms with Crippen molar-refractivity contribution < 1.29 is 9.53 Å². The Morgan fingerprint density at radius 2 is 1.80 bits per heavy atom. The molecule has 6 rings (SSSR count). The Morgan fingerprint density at radius 1 is 1.07 bits per heavy atom. The number of ether oxygens (including phenoxy) is 1. The molecule has 1 saturated heterocycles. The van der Waals surface area contributed by atoms with Gasteiger partial charge in [0, 0.05) is 29.1 Å². The molecule has 8 heteroatoms. The van der Waals surface area contributed by atoms with Crippen LogP contribution < -0.4 is 0 Å². The van der Waals surface area contributed by atoms with Crippen LogP contribution in [0.15, 0.2) is 23.2 Å². The van der Waals surface area contributed by atoms with Crippen LogP contribution in [-0.2, 0) is 4.74 Å². The fourth-order valence-corrected chi connectivity index (χ4v) is 8.28. The van der Waals surface area contributed by atoms with E-state index in [0.29, 0.717) is 5.92 Å². The third-order valence-corrected chi connectivity index (χ3v) is 10.7. The molecule has 41 heavy (non-hydrogen) atoms. The van der Waals surface area contributed by atoms with Crippen molar-refractivity contribution >= 4 is 23.1 Å². The van der Waals surface area contributed by atoms with Gasteiger partial charge in [0.15, 0.2) is 5.82 Å². The molecular weight excluding hydrogens is 530 g/mol. The number of carbonyl (C=O) groups excluding carboxylic acids is 1. The number of hydrogen-bond acceptors (Lipinski definition) is 6. The van der Waals surface area contributed by atoms with Gasteiger partial charge in [0.05, 0.1) is 5.71 Å². The van der Waals surface area contributed by atoms with E-state index in [-0.39, 0.29) is 17.6 Å². The topological polar surface area (TPSA) is 72.6 Å². The van der Waals surface area contributed by atoms with E-state index in [9.17, 15) is 4.79 Å². The number of aliphatic imine (C=N–C) groups is 1. The molecule has 3 aliphatic rings. The molecule has 7 nitrogen and oxygen atoms in total. The molecule has 0 radical (unpaired) electrons. The van der Waals surface area contributed by atoms with Gasteiger partial charge in [0.25, 0.3) is 0 Å². The van der Waals surface area contributed by atoms with E-state index in [1.54, 1.807) is 11.3 Å². The van der Waals surface area contributed by atoms with Crippen LogP contribution in [0.3, 0.4) is 0 Å². The summed E-state index contributed by atoms with van der Waals surface area (Å²) in [7, 11) is 0. The van der Waals surface area contributed by atoms with E-state index in [1.165, 1.54) is 50.5 Å². The Morgan fingerprint density at radius 3 is 2.49 bits per heavy atom. The van der Waals surface area contributed by atoms with Crippen LogP contribution in [0.25, 0.3) is 5.00 Å². The van der Waals surface area contributed by atoms with Crippen LogP contribution >= 0.6 is 11.3 Å². The molecular formula is C33H43N5O2S. The number of thiophene rings is 1. The maximum Gasteiger partial charge on any atom is 0.410 e. The lowest BCUT2D eigenvalue weighted by Crippen LogP contribution is -2.37. The number of aromatic nitrogens is 3. The SMILES string of the molecule is Cc1cc(C2CCC3(CC2)CCN(C(=O)OC(C)(C)C)C3)ccc1C1=N[C@@H](C)c2nnc(C)n2-c2sc(C)c(C)c21. The summed E-state index contributed by atoms with van der Waals surface area (Å²) in [4.78, 5) is 21.2. The van der Waals surface area contributed by atoms with E-state index in [2.05, 4.69) is 60.7 Å². The molecule has 4 heterocycles. The third kappa shape index (κ3) is 5.02. The van der Waals surface area contributed by atoms with Crippen LogP contribution in [0.4, 0.5) is 4.79 Å². The number of aryl methyl sites for hydroxylation is 3. The first-order chi connectivity index (χ1) is 19.4. The molecule has 2 aromatic heterocycles. The number of likely N-dealkylation sites (tertiary alicyclic amines) is 1. The number of carbonyl (C=O) groups is 1. The van der Waals surface area contributed by atoms with Crippen LogP contribution in [0.1, 0.15) is 116 Å². The lowest BCUT2D eigenvalue weighted by atomic mass is 9.68. The maximum absolute atomic E-state index is 12.7. The monoisotopic (exact) mass is 573 g/mol. The molecule has 0 bridgehead atoms. The van der Waals surface area contributed by atoms with Crippen LogP contribution in [0.5, 0.6) is 0 Å². The van der Waals surface area contributed by atoms with Crippen molar-refractivity contribution in [2.45, 2.75) is 105 Å². The molecule has 2 fully saturated rings. The molecule has 3 aromatic rings. The summed E-state index contributed by atoms with van der Waals surface area (Å²) in [6.07, 6.45) is 5.59. The zero-order valence-corrected chi connectivity index (χ0v) is 26.6. The summed E-state index contributed by atoms with van der Waals surface area (Å²) in [6.45, 7) is 18.2. The molecule has 1 atom stereocenters. The number of rotatable bonds is 2. The predicted molar refractivity (Wildman–Crippen MR) is 165 cm³/mol. The Bertz CT molecular complexity index is 1530. The second-order valence-corrected chi connectivity index (χ2v) is 14.8. The van der Waals surface area contributed by atoms with Gasteiger partial charge in [0.2, 0.25) is 0 Å². The number of benzene rings is 1. The minimum absolute atomic E-state index is 0.0780. The highest BCUT2D eigenvalue weighted by molar-refractivity contribution is 7.15. The van der Waals surface area contributed by atoms with Crippen molar-refractivity contribution in [3.8, 4) is 5.00 Å². The fourth-order valence-electron chi connectivity index (χ4n) is 7.06. The molecule has 1 aromatic carbocycles. The van der Waals surface area contributed by atoms with Crippen molar-refractivity contribution in [3.63, 3.8) is 0 Å². The normalized spacial score (nSPS) is 24.2. The Labute approximate surface area is 248 Å². The Balaban J connectivity index is 1.22. The highest BCUT2D eigenvalue weighted by Gasteiger charge is 2.43. The van der Waals surface area contributed by atoms with E-state index >= 15 is 0 Å². The number of hydrogen-bond donors (Lipinski definition) is 0. The summed E-state index contributed by atoms with van der Waals surface area (Å²) in [5.41, 5.74) is 7.27. The largest absolute Gasteiger partial charge is 0.444 e. The molecule has 1 saturated carbocycles. The van der Waals surface area contributed by atoms with Gasteiger partial charge in [-0.3, -0.25) is 9.56 Å².